The van der Waals surface area contributed by atoms with Gasteiger partial charge >= 0.3 is 5.97 Å². The van der Waals surface area contributed by atoms with Gasteiger partial charge in [0.2, 0.25) is 0 Å². The first kappa shape index (κ1) is 13.0. The number of carbonyl (C=O) groups excluding carboxylic acids is 1. The largest absolute Gasteiger partial charge is 0.461 e. The van der Waals surface area contributed by atoms with Crippen LogP contribution >= 0.6 is 11.6 Å². The fraction of sp³-hybridized carbons (Fsp3) is 0.417. The molecule has 0 heterocycles. The zero-order chi connectivity index (χ0) is 11.8. The molecule has 0 saturated heterocycles. The van der Waals surface area contributed by atoms with Gasteiger partial charge in [-0.1, -0.05) is 30.7 Å². The fourth-order valence-electron chi connectivity index (χ4n) is 1.18. The van der Waals surface area contributed by atoms with E-state index >= 15 is 0 Å². The van der Waals surface area contributed by atoms with Gasteiger partial charge in [-0.05, 0) is 24.2 Å². The second kappa shape index (κ2) is 7.25. The van der Waals surface area contributed by atoms with Crippen LogP contribution in [0.5, 0.6) is 0 Å². The Hall–Kier alpha value is -1.06. The van der Waals surface area contributed by atoms with Crippen molar-refractivity contribution >= 4 is 17.6 Å². The van der Waals surface area contributed by atoms with E-state index in [2.05, 4.69) is 5.32 Å². The van der Waals surface area contributed by atoms with Gasteiger partial charge in [0, 0.05) is 11.6 Å². The lowest BCUT2D eigenvalue weighted by atomic mass is 10.2. The van der Waals surface area contributed by atoms with E-state index in [9.17, 15) is 4.79 Å². The summed E-state index contributed by atoms with van der Waals surface area (Å²) in [6.07, 6.45) is 0.404. The Kier molecular flexibility index (Phi) is 5.90. The van der Waals surface area contributed by atoms with Crippen LogP contribution in [0.15, 0.2) is 24.3 Å². The molecule has 0 saturated carbocycles. The molecule has 1 N–H and O–H groups in total. The molecule has 1 aromatic rings. The van der Waals surface area contributed by atoms with Crippen molar-refractivity contribution in [2.45, 2.75) is 20.0 Å². The van der Waals surface area contributed by atoms with E-state index in [1.165, 1.54) is 0 Å². The Labute approximate surface area is 101 Å². The summed E-state index contributed by atoms with van der Waals surface area (Å²) in [7, 11) is 0. The van der Waals surface area contributed by atoms with E-state index in [4.69, 9.17) is 16.3 Å². The maximum atomic E-state index is 11.3. The number of carbonyl (C=O) groups is 1. The van der Waals surface area contributed by atoms with Crippen LogP contribution in [0.1, 0.15) is 18.9 Å². The predicted molar refractivity (Wildman–Crippen MR) is 64.4 cm³/mol. The monoisotopic (exact) mass is 241 g/mol. The number of ether oxygens (including phenoxy) is 1. The Morgan fingerprint density at radius 2 is 2.06 bits per heavy atom. The van der Waals surface area contributed by atoms with Gasteiger partial charge in [-0.3, -0.25) is 4.79 Å². The van der Waals surface area contributed by atoms with Gasteiger partial charge in [-0.2, -0.15) is 0 Å². The van der Waals surface area contributed by atoms with Gasteiger partial charge in [0.1, 0.15) is 6.61 Å². The van der Waals surface area contributed by atoms with Crippen LogP contribution in [0, 0.1) is 0 Å². The van der Waals surface area contributed by atoms with Crippen molar-refractivity contribution in [3.63, 3.8) is 0 Å². The molecule has 4 heteroatoms. The minimum absolute atomic E-state index is 0.184. The number of nitrogens with one attached hydrogen (secondary N) is 1. The van der Waals surface area contributed by atoms with Crippen molar-refractivity contribution in [3.8, 4) is 0 Å². The third-order valence-corrected chi connectivity index (χ3v) is 2.32. The number of hydrogen-bond acceptors (Lipinski definition) is 3. The Bertz CT molecular complexity index is 324. The lowest BCUT2D eigenvalue weighted by Crippen LogP contribution is -2.18. The van der Waals surface area contributed by atoms with Crippen LogP contribution in [-0.4, -0.2) is 19.1 Å². The number of hydrogen-bond donors (Lipinski definition) is 1. The molecule has 0 aliphatic heterocycles. The van der Waals surface area contributed by atoms with Crippen LogP contribution in [0.2, 0.25) is 5.02 Å². The number of benzene rings is 1. The summed E-state index contributed by atoms with van der Waals surface area (Å²) in [5.41, 5.74) is 0.946. The molecule has 88 valence electrons. The zero-order valence-electron chi connectivity index (χ0n) is 9.33. The van der Waals surface area contributed by atoms with Crippen molar-refractivity contribution in [2.75, 3.05) is 13.1 Å². The molecule has 0 unspecified atom stereocenters. The minimum atomic E-state index is -0.184. The average Bonchev–Trinajstić information content (AvgIpc) is 2.29. The van der Waals surface area contributed by atoms with Crippen LogP contribution in [0.4, 0.5) is 0 Å². The Morgan fingerprint density at radius 1 is 1.38 bits per heavy atom. The van der Waals surface area contributed by atoms with Gasteiger partial charge in [0.15, 0.2) is 0 Å². The first-order valence-corrected chi connectivity index (χ1v) is 5.71. The zero-order valence-corrected chi connectivity index (χ0v) is 10.1. The second-order valence-corrected chi connectivity index (χ2v) is 3.83. The van der Waals surface area contributed by atoms with Gasteiger partial charge < -0.3 is 10.1 Å². The van der Waals surface area contributed by atoms with Gasteiger partial charge in [0.25, 0.3) is 0 Å². The minimum Gasteiger partial charge on any atom is -0.461 e. The van der Waals surface area contributed by atoms with Crippen LogP contribution in [-0.2, 0) is 16.1 Å². The summed E-state index contributed by atoms with van der Waals surface area (Å²) in [5.74, 6) is -0.184. The van der Waals surface area contributed by atoms with Gasteiger partial charge in [0.05, 0.1) is 6.42 Å². The molecule has 1 aromatic carbocycles. The molecule has 3 nitrogen and oxygen atoms in total. The third kappa shape index (κ3) is 5.14. The molecule has 0 atom stereocenters. The Balaban J connectivity index is 2.23. The first-order chi connectivity index (χ1) is 7.72. The van der Waals surface area contributed by atoms with Gasteiger partial charge in [-0.25, -0.2) is 0 Å². The van der Waals surface area contributed by atoms with Crippen molar-refractivity contribution < 1.29 is 9.53 Å². The molecule has 0 spiro atoms. The molecule has 0 amide bonds. The molecular weight excluding hydrogens is 226 g/mol. The molecule has 0 bridgehead atoms. The van der Waals surface area contributed by atoms with Crippen molar-refractivity contribution in [3.05, 3.63) is 34.9 Å². The van der Waals surface area contributed by atoms with Crippen LogP contribution < -0.4 is 5.32 Å². The third-order valence-electron chi connectivity index (χ3n) is 2.07. The van der Waals surface area contributed by atoms with E-state index in [-0.39, 0.29) is 5.97 Å². The summed E-state index contributed by atoms with van der Waals surface area (Å²) in [6, 6.07) is 7.26. The molecule has 0 radical (unpaired) electrons. The van der Waals surface area contributed by atoms with Crippen LogP contribution in [0.25, 0.3) is 0 Å². The van der Waals surface area contributed by atoms with Crippen molar-refractivity contribution in [1.82, 2.24) is 5.32 Å². The molecular formula is C12H16ClNO2. The highest BCUT2D eigenvalue weighted by Gasteiger charge is 2.02. The number of rotatable bonds is 6. The molecule has 1 rings (SSSR count). The van der Waals surface area contributed by atoms with Gasteiger partial charge in [-0.15, -0.1) is 0 Å². The van der Waals surface area contributed by atoms with E-state index in [0.29, 0.717) is 24.6 Å². The normalized spacial score (nSPS) is 10.1. The molecule has 0 aliphatic carbocycles. The SMILES string of the molecule is CCNCCC(=O)OCc1ccc(Cl)cc1. The lowest BCUT2D eigenvalue weighted by molar-refractivity contribution is -0.144. The molecule has 0 aliphatic rings. The second-order valence-electron chi connectivity index (χ2n) is 3.39. The first-order valence-electron chi connectivity index (χ1n) is 5.33. The predicted octanol–water partition coefficient (Wildman–Crippen LogP) is 2.38. The maximum Gasteiger partial charge on any atom is 0.307 e. The highest BCUT2D eigenvalue weighted by Crippen LogP contribution is 2.10. The van der Waals surface area contributed by atoms with E-state index in [1.54, 1.807) is 12.1 Å². The number of halogens is 1. The van der Waals surface area contributed by atoms with E-state index in [1.807, 2.05) is 19.1 Å². The smallest absolute Gasteiger partial charge is 0.307 e. The summed E-state index contributed by atoms with van der Waals surface area (Å²) in [4.78, 5) is 11.3. The molecule has 16 heavy (non-hydrogen) atoms. The summed E-state index contributed by atoms with van der Waals surface area (Å²) in [6.45, 7) is 3.83. The van der Waals surface area contributed by atoms with E-state index in [0.717, 1.165) is 12.1 Å². The summed E-state index contributed by atoms with van der Waals surface area (Å²) < 4.78 is 5.09. The quantitative estimate of drug-likeness (QED) is 0.614. The lowest BCUT2D eigenvalue weighted by Gasteiger charge is -2.05. The highest BCUT2D eigenvalue weighted by molar-refractivity contribution is 6.30. The fourth-order valence-corrected chi connectivity index (χ4v) is 1.31. The van der Waals surface area contributed by atoms with E-state index < -0.39 is 0 Å². The highest BCUT2D eigenvalue weighted by atomic mass is 35.5. The summed E-state index contributed by atoms with van der Waals surface area (Å²) in [5, 5.41) is 3.75. The average molecular weight is 242 g/mol. The van der Waals surface area contributed by atoms with Crippen molar-refractivity contribution in [1.29, 1.82) is 0 Å². The van der Waals surface area contributed by atoms with Crippen LogP contribution in [0.3, 0.4) is 0 Å². The standard InChI is InChI=1S/C12H16ClNO2/c1-2-14-8-7-12(15)16-9-10-3-5-11(13)6-4-10/h3-6,14H,2,7-9H2,1H3. The molecule has 0 fully saturated rings. The molecule has 0 aromatic heterocycles. The maximum absolute atomic E-state index is 11.3. The summed E-state index contributed by atoms with van der Waals surface area (Å²) >= 11 is 5.74. The Morgan fingerprint density at radius 3 is 2.69 bits per heavy atom. The number of esters is 1. The van der Waals surface area contributed by atoms with Crippen molar-refractivity contribution in [2.24, 2.45) is 0 Å². The topological polar surface area (TPSA) is 38.3 Å².